The third-order valence-corrected chi connectivity index (χ3v) is 7.16. The zero-order valence-corrected chi connectivity index (χ0v) is 20.7. The van der Waals surface area contributed by atoms with Crippen molar-refractivity contribution in [1.29, 1.82) is 0 Å². The van der Waals surface area contributed by atoms with E-state index in [9.17, 15) is 24.7 Å². The standard InChI is InChI=1S/C30H23N3O5/c1-17-13-18(2)15-22(14-17)26-25-19(10-12-32(26)38)9-11-30(28(25)35)31-33(30)24-8-4-7-23(27(24)34)20-5-3-6-21(16-20)29(36)37/h3-16,26,31H,1-2H3,(H-,34,36,37)/p+1. The van der Waals surface area contributed by atoms with Gasteiger partial charge in [-0.2, -0.15) is 5.43 Å². The van der Waals surface area contributed by atoms with Crippen molar-refractivity contribution in [2.24, 2.45) is 0 Å². The SMILES string of the molecule is Cc1cc(C)cc(C2C3=C(C=C[N+]2=O)C=CC2(NN2c2cccc(-c4cccc(C(=O)O)c4)c2O)C3=O)c1. The van der Waals surface area contributed by atoms with Crippen molar-refractivity contribution in [2.45, 2.75) is 25.6 Å². The number of aryl methyl sites for hydroxylation is 2. The summed E-state index contributed by atoms with van der Waals surface area (Å²) in [6.07, 6.45) is 6.63. The number of anilines is 1. The van der Waals surface area contributed by atoms with Crippen LogP contribution in [0.4, 0.5) is 5.69 Å². The molecule has 3 N–H and O–H groups in total. The Morgan fingerprint density at radius 3 is 2.50 bits per heavy atom. The van der Waals surface area contributed by atoms with Gasteiger partial charge in [-0.15, -0.1) is 0 Å². The van der Waals surface area contributed by atoms with E-state index >= 15 is 0 Å². The van der Waals surface area contributed by atoms with Crippen LogP contribution in [0.15, 0.2) is 96.2 Å². The maximum atomic E-state index is 14.1. The fourth-order valence-corrected chi connectivity index (χ4v) is 5.41. The summed E-state index contributed by atoms with van der Waals surface area (Å²) in [5.41, 5.74) is 7.08. The average molecular weight is 507 g/mol. The quantitative estimate of drug-likeness (QED) is 0.341. The van der Waals surface area contributed by atoms with Gasteiger partial charge >= 0.3 is 5.97 Å². The van der Waals surface area contributed by atoms with E-state index in [0.717, 1.165) is 21.5 Å². The van der Waals surface area contributed by atoms with Gasteiger partial charge in [0, 0.05) is 26.9 Å². The zero-order valence-electron chi connectivity index (χ0n) is 20.7. The number of ketones is 1. The lowest BCUT2D eigenvalue weighted by Crippen LogP contribution is -2.37. The molecule has 188 valence electrons. The van der Waals surface area contributed by atoms with Gasteiger partial charge in [-0.05, 0) is 61.4 Å². The Kier molecular flexibility index (Phi) is 5.18. The molecule has 3 aromatic rings. The molecule has 1 fully saturated rings. The van der Waals surface area contributed by atoms with Crippen LogP contribution in [-0.2, 0) is 4.79 Å². The number of Topliss-reactive ketones (excluding diaryl/α,β-unsaturated/α-hetero) is 1. The Morgan fingerprint density at radius 1 is 1.03 bits per heavy atom. The van der Waals surface area contributed by atoms with Gasteiger partial charge in [0.25, 0.3) is 6.04 Å². The summed E-state index contributed by atoms with van der Waals surface area (Å²) >= 11 is 0. The lowest BCUT2D eigenvalue weighted by Gasteiger charge is -2.23. The predicted octanol–water partition coefficient (Wildman–Crippen LogP) is 4.88. The molecule has 1 aliphatic carbocycles. The van der Waals surface area contributed by atoms with Crippen LogP contribution < -0.4 is 10.4 Å². The highest BCUT2D eigenvalue weighted by Crippen LogP contribution is 2.48. The van der Waals surface area contributed by atoms with Crippen molar-refractivity contribution in [3.05, 3.63) is 123 Å². The highest BCUT2D eigenvalue weighted by atomic mass is 16.4. The van der Waals surface area contributed by atoms with Crippen molar-refractivity contribution in [3.63, 3.8) is 0 Å². The van der Waals surface area contributed by atoms with Gasteiger partial charge in [-0.1, -0.05) is 47.5 Å². The predicted molar refractivity (Wildman–Crippen MR) is 141 cm³/mol. The molecule has 0 bridgehead atoms. The van der Waals surface area contributed by atoms with Crippen molar-refractivity contribution in [1.82, 2.24) is 5.43 Å². The molecule has 3 aromatic carbocycles. The number of rotatable bonds is 4. The maximum Gasteiger partial charge on any atom is 0.335 e. The average Bonchev–Trinajstić information content (AvgIpc) is 3.61. The summed E-state index contributed by atoms with van der Waals surface area (Å²) in [5, 5.41) is 22.1. The second-order valence-electron chi connectivity index (χ2n) is 9.80. The number of para-hydroxylation sites is 1. The smallest absolute Gasteiger partial charge is 0.335 e. The Hall–Kier alpha value is -4.82. The Labute approximate surface area is 218 Å². The topological polar surface area (TPSA) is 120 Å². The molecule has 0 radical (unpaired) electrons. The van der Waals surface area contributed by atoms with Gasteiger partial charge < -0.3 is 10.2 Å². The number of carboxylic acids is 1. The molecule has 2 atom stereocenters. The molecule has 6 rings (SSSR count). The number of aromatic hydroxyl groups is 1. The van der Waals surface area contributed by atoms with E-state index in [4.69, 9.17) is 0 Å². The van der Waals surface area contributed by atoms with Crippen LogP contribution in [0.2, 0.25) is 0 Å². The van der Waals surface area contributed by atoms with E-state index < -0.39 is 17.7 Å². The third kappa shape index (κ3) is 3.57. The normalized spacial score (nSPS) is 21.7. The summed E-state index contributed by atoms with van der Waals surface area (Å²) < 4.78 is 0.804. The molecule has 3 aliphatic rings. The minimum absolute atomic E-state index is 0.0970. The summed E-state index contributed by atoms with van der Waals surface area (Å²) in [6, 6.07) is 16.4. The highest BCUT2D eigenvalue weighted by Gasteiger charge is 2.62. The van der Waals surface area contributed by atoms with Crippen LogP contribution in [0, 0.1) is 18.8 Å². The maximum absolute atomic E-state index is 14.1. The number of hydrogen-bond acceptors (Lipinski definition) is 6. The van der Waals surface area contributed by atoms with E-state index in [1.165, 1.54) is 18.3 Å². The Balaban J connectivity index is 1.38. The van der Waals surface area contributed by atoms with Crippen LogP contribution in [0.5, 0.6) is 5.75 Å². The molecule has 1 spiro atoms. The van der Waals surface area contributed by atoms with Crippen LogP contribution in [0.25, 0.3) is 11.1 Å². The Morgan fingerprint density at radius 2 is 1.76 bits per heavy atom. The molecule has 0 saturated carbocycles. The minimum atomic E-state index is -1.25. The molecule has 2 unspecified atom stereocenters. The number of benzene rings is 3. The number of nitrogens with zero attached hydrogens (tertiary/aromatic N) is 2. The number of aromatic carboxylic acids is 1. The second kappa shape index (κ2) is 8.36. The van der Waals surface area contributed by atoms with Crippen LogP contribution in [-0.4, -0.2) is 32.4 Å². The molecule has 2 aliphatic heterocycles. The molecule has 2 heterocycles. The van der Waals surface area contributed by atoms with Gasteiger partial charge in [0.1, 0.15) is 5.75 Å². The van der Waals surface area contributed by atoms with Crippen LogP contribution in [0.1, 0.15) is 33.1 Å². The van der Waals surface area contributed by atoms with Crippen molar-refractivity contribution < 1.29 is 24.6 Å². The molecule has 8 heteroatoms. The van der Waals surface area contributed by atoms with Crippen LogP contribution >= 0.6 is 0 Å². The summed E-state index contributed by atoms with van der Waals surface area (Å²) in [5.74, 6) is -1.44. The first kappa shape index (κ1) is 23.6. The summed E-state index contributed by atoms with van der Waals surface area (Å²) in [6.45, 7) is 3.91. The first-order valence-corrected chi connectivity index (χ1v) is 12.1. The summed E-state index contributed by atoms with van der Waals surface area (Å²) in [4.78, 5) is 38.5. The van der Waals surface area contributed by atoms with Gasteiger partial charge in [0.05, 0.1) is 16.8 Å². The lowest BCUT2D eigenvalue weighted by molar-refractivity contribution is -0.518. The number of nitrogens with one attached hydrogen (secondary N) is 1. The fraction of sp³-hybridized carbons (Fsp3) is 0.133. The van der Waals surface area contributed by atoms with Gasteiger partial charge in [0.2, 0.25) is 17.6 Å². The number of carbonyl (C=O) groups excluding carboxylic acids is 1. The van der Waals surface area contributed by atoms with E-state index in [-0.39, 0.29) is 17.1 Å². The fourth-order valence-electron chi connectivity index (χ4n) is 5.41. The monoisotopic (exact) mass is 506 g/mol. The molecule has 0 aromatic heterocycles. The molecule has 0 amide bonds. The number of carboxylic acid groups (broad SMARTS) is 1. The largest absolute Gasteiger partial charge is 0.505 e. The number of hydrazine groups is 1. The van der Waals surface area contributed by atoms with Gasteiger partial charge in [-0.3, -0.25) is 9.80 Å². The Bertz CT molecular complexity index is 1650. The number of carbonyl (C=O) groups is 2. The van der Waals surface area contributed by atoms with E-state index in [1.807, 2.05) is 38.1 Å². The van der Waals surface area contributed by atoms with Crippen molar-refractivity contribution in [2.75, 3.05) is 5.01 Å². The van der Waals surface area contributed by atoms with Crippen LogP contribution in [0.3, 0.4) is 0 Å². The number of nitroso groups, excluding NO2 is 1. The highest BCUT2D eigenvalue weighted by molar-refractivity contribution is 6.12. The lowest BCUT2D eigenvalue weighted by atomic mass is 9.81. The number of phenols is 1. The minimum Gasteiger partial charge on any atom is -0.505 e. The molecule has 8 nitrogen and oxygen atoms in total. The van der Waals surface area contributed by atoms with E-state index in [2.05, 4.69) is 5.43 Å². The van der Waals surface area contributed by atoms with E-state index in [1.54, 1.807) is 47.5 Å². The number of allylic oxidation sites excluding steroid dienone is 3. The zero-order chi connectivity index (χ0) is 26.8. The van der Waals surface area contributed by atoms with Gasteiger partial charge in [-0.25, -0.2) is 4.79 Å². The second-order valence-corrected chi connectivity index (χ2v) is 9.80. The van der Waals surface area contributed by atoms with E-state index in [0.29, 0.717) is 28.0 Å². The first-order chi connectivity index (χ1) is 18.2. The molecular formula is C30H24N3O5+. The van der Waals surface area contributed by atoms with Crippen molar-refractivity contribution >= 4 is 17.4 Å². The first-order valence-electron chi connectivity index (χ1n) is 12.1. The number of phenolic OH excluding ortho intramolecular Hbond substituents is 1. The molecule has 38 heavy (non-hydrogen) atoms. The third-order valence-electron chi connectivity index (χ3n) is 7.16. The number of hydrogen-bond donors (Lipinski definition) is 3. The van der Waals surface area contributed by atoms with Gasteiger partial charge in [0.15, 0.2) is 0 Å². The van der Waals surface area contributed by atoms with Crippen molar-refractivity contribution in [3.8, 4) is 16.9 Å². The summed E-state index contributed by atoms with van der Waals surface area (Å²) in [7, 11) is 0. The molecule has 1 saturated heterocycles. The molecular weight excluding hydrogens is 482 g/mol.